The largest absolute Gasteiger partial charge is 0.493 e. The molecule has 1 aromatic heterocycles. The number of nitrogens with one attached hydrogen (secondary N) is 1. The van der Waals surface area contributed by atoms with Gasteiger partial charge in [0.1, 0.15) is 4.88 Å². The smallest absolute Gasteiger partial charge is 0.221 e. The topological polar surface area (TPSA) is 75.9 Å². The lowest BCUT2D eigenvalue weighted by Crippen LogP contribution is -2.14. The average Bonchev–Trinajstić information content (AvgIpc) is 3.17. The number of aromatic nitrogens is 1. The Kier molecular flexibility index (Phi) is 5.62. The number of aliphatic imine (C=N–C) groups is 1. The van der Waals surface area contributed by atoms with Gasteiger partial charge in [-0.15, -0.1) is 0 Å². The monoisotopic (exact) mass is 377 g/mol. The van der Waals surface area contributed by atoms with Crippen LogP contribution in [0.15, 0.2) is 29.3 Å². The highest BCUT2D eigenvalue weighted by Gasteiger charge is 2.19. The molecular formula is C17H19N3O3S2. The van der Waals surface area contributed by atoms with Crippen molar-refractivity contribution in [2.75, 3.05) is 11.9 Å². The Hall–Kier alpha value is -2.03. The maximum absolute atomic E-state index is 11.1. The molecule has 0 spiro atoms. The predicted octanol–water partition coefficient (Wildman–Crippen LogP) is 3.87. The first-order valence-electron chi connectivity index (χ1n) is 7.99. The van der Waals surface area contributed by atoms with Crippen LogP contribution in [0.1, 0.15) is 24.6 Å². The summed E-state index contributed by atoms with van der Waals surface area (Å²) in [5.41, 5.74) is 1.35. The third-order valence-electron chi connectivity index (χ3n) is 3.80. The number of rotatable bonds is 5. The Morgan fingerprint density at radius 2 is 2.44 bits per heavy atom. The van der Waals surface area contributed by atoms with Crippen molar-refractivity contribution in [3.63, 3.8) is 0 Å². The summed E-state index contributed by atoms with van der Waals surface area (Å²) in [7, 11) is 0. The van der Waals surface area contributed by atoms with Gasteiger partial charge >= 0.3 is 0 Å². The number of hydrogen-bond donors (Lipinski definition) is 2. The van der Waals surface area contributed by atoms with Gasteiger partial charge in [-0.3, -0.25) is 14.4 Å². The Balaban J connectivity index is 1.77. The number of benzene rings is 1. The van der Waals surface area contributed by atoms with E-state index in [-0.39, 0.29) is 17.9 Å². The van der Waals surface area contributed by atoms with E-state index in [1.807, 2.05) is 12.1 Å². The molecule has 1 aromatic carbocycles. The molecule has 0 aliphatic carbocycles. The Morgan fingerprint density at radius 1 is 1.60 bits per heavy atom. The van der Waals surface area contributed by atoms with Gasteiger partial charge in [-0.1, -0.05) is 17.4 Å². The maximum Gasteiger partial charge on any atom is 0.221 e. The minimum absolute atomic E-state index is 0.103. The van der Waals surface area contributed by atoms with E-state index in [2.05, 4.69) is 10.3 Å². The van der Waals surface area contributed by atoms with Gasteiger partial charge in [0.05, 0.1) is 24.6 Å². The summed E-state index contributed by atoms with van der Waals surface area (Å²) in [6.45, 7) is 2.78. The summed E-state index contributed by atoms with van der Waals surface area (Å²) in [6, 6.07) is 7.18. The summed E-state index contributed by atoms with van der Waals surface area (Å²) in [4.78, 5) is 16.1. The van der Waals surface area contributed by atoms with Crippen molar-refractivity contribution in [2.24, 2.45) is 4.99 Å². The highest BCUT2D eigenvalue weighted by atomic mass is 32.1. The van der Waals surface area contributed by atoms with E-state index in [9.17, 15) is 9.90 Å². The number of carbonyl (C=O) groups is 1. The lowest BCUT2D eigenvalue weighted by atomic mass is 10.2. The second-order valence-electron chi connectivity index (χ2n) is 5.79. The van der Waals surface area contributed by atoms with E-state index in [0.717, 1.165) is 19.4 Å². The molecule has 6 nitrogen and oxygen atoms in total. The van der Waals surface area contributed by atoms with Gasteiger partial charge in [-0.05, 0) is 43.3 Å². The molecule has 2 N–H and O–H groups in total. The van der Waals surface area contributed by atoms with Crippen molar-refractivity contribution in [3.8, 4) is 5.88 Å². The molecule has 0 radical (unpaired) electrons. The quantitative estimate of drug-likeness (QED) is 0.613. The zero-order valence-electron chi connectivity index (χ0n) is 13.8. The molecule has 1 aliphatic heterocycles. The molecule has 1 atom stereocenters. The summed E-state index contributed by atoms with van der Waals surface area (Å²) >= 11 is 6.66. The van der Waals surface area contributed by atoms with Crippen molar-refractivity contribution in [3.05, 3.63) is 33.1 Å². The second kappa shape index (κ2) is 7.90. The fourth-order valence-corrected chi connectivity index (χ4v) is 3.85. The summed E-state index contributed by atoms with van der Waals surface area (Å²) in [5.74, 6) is -0.0183. The molecule has 8 heteroatoms. The van der Waals surface area contributed by atoms with Crippen LogP contribution in [0.25, 0.3) is 0 Å². The SMILES string of the molecule is CC(=O)Nc1cccc(N=Cc2sc(=S)n(C[C@@H]3CCCO3)c2O)c1. The molecule has 0 unspecified atom stereocenters. The van der Waals surface area contributed by atoms with Crippen LogP contribution in [0.5, 0.6) is 5.88 Å². The van der Waals surface area contributed by atoms with Gasteiger partial charge in [0, 0.05) is 19.2 Å². The maximum atomic E-state index is 11.1. The van der Waals surface area contributed by atoms with Crippen LogP contribution in [-0.4, -0.2) is 34.5 Å². The molecule has 3 rings (SSSR count). The fraction of sp³-hybridized carbons (Fsp3) is 0.353. The molecule has 0 bridgehead atoms. The van der Waals surface area contributed by atoms with Crippen LogP contribution in [0, 0.1) is 3.95 Å². The standard InChI is InChI=1S/C17H19N3O3S2/c1-11(21)19-13-5-2-4-12(8-13)18-9-15-16(22)20(17(24)25-15)10-14-6-3-7-23-14/h2,4-5,8-9,14,22H,3,6-7,10H2,1H3,(H,19,21)/t14-/m0/s1. The van der Waals surface area contributed by atoms with E-state index in [1.54, 1.807) is 22.9 Å². The van der Waals surface area contributed by atoms with Crippen molar-refractivity contribution >= 4 is 47.1 Å². The number of aromatic hydroxyl groups is 1. The fourth-order valence-electron chi connectivity index (χ4n) is 2.65. The van der Waals surface area contributed by atoms with Gasteiger partial charge in [0.2, 0.25) is 11.8 Å². The third-order valence-corrected chi connectivity index (χ3v) is 5.17. The zero-order chi connectivity index (χ0) is 17.8. The molecule has 2 aromatic rings. The van der Waals surface area contributed by atoms with Gasteiger partial charge in [0.15, 0.2) is 3.95 Å². The van der Waals surface area contributed by atoms with Gasteiger partial charge in [0.25, 0.3) is 0 Å². The molecule has 25 heavy (non-hydrogen) atoms. The molecule has 1 fully saturated rings. The lowest BCUT2D eigenvalue weighted by Gasteiger charge is -2.10. The van der Waals surface area contributed by atoms with Gasteiger partial charge in [-0.25, -0.2) is 0 Å². The number of nitrogens with zero attached hydrogens (tertiary/aromatic N) is 2. The predicted molar refractivity (Wildman–Crippen MR) is 102 cm³/mol. The average molecular weight is 377 g/mol. The van der Waals surface area contributed by atoms with E-state index in [4.69, 9.17) is 17.0 Å². The molecule has 0 saturated carbocycles. The van der Waals surface area contributed by atoms with Crippen molar-refractivity contribution < 1.29 is 14.6 Å². The first-order chi connectivity index (χ1) is 12.0. The van der Waals surface area contributed by atoms with Crippen LogP contribution in [0.3, 0.4) is 0 Å². The van der Waals surface area contributed by atoms with Gasteiger partial charge < -0.3 is 15.2 Å². The molecule has 1 aliphatic rings. The Labute approximate surface area is 154 Å². The van der Waals surface area contributed by atoms with Crippen LogP contribution in [0.4, 0.5) is 11.4 Å². The Morgan fingerprint density at radius 3 is 3.16 bits per heavy atom. The minimum atomic E-state index is -0.136. The van der Waals surface area contributed by atoms with Gasteiger partial charge in [-0.2, -0.15) is 0 Å². The number of amides is 1. The third kappa shape index (κ3) is 4.53. The summed E-state index contributed by atoms with van der Waals surface area (Å²) in [6.07, 6.45) is 3.72. The summed E-state index contributed by atoms with van der Waals surface area (Å²) in [5, 5.41) is 13.1. The molecule has 2 heterocycles. The van der Waals surface area contributed by atoms with Crippen LogP contribution >= 0.6 is 23.6 Å². The first-order valence-corrected chi connectivity index (χ1v) is 9.21. The zero-order valence-corrected chi connectivity index (χ0v) is 15.4. The number of carbonyl (C=O) groups excluding carboxylic acids is 1. The van der Waals surface area contributed by atoms with Crippen molar-refractivity contribution in [1.29, 1.82) is 0 Å². The van der Waals surface area contributed by atoms with Crippen LogP contribution in [0.2, 0.25) is 0 Å². The Bertz CT molecular complexity index is 851. The lowest BCUT2D eigenvalue weighted by molar-refractivity contribution is -0.114. The van der Waals surface area contributed by atoms with E-state index < -0.39 is 0 Å². The number of ether oxygens (including phenoxy) is 1. The number of anilines is 1. The molecule has 132 valence electrons. The van der Waals surface area contributed by atoms with Crippen LogP contribution in [-0.2, 0) is 16.1 Å². The minimum Gasteiger partial charge on any atom is -0.493 e. The van der Waals surface area contributed by atoms with Crippen LogP contribution < -0.4 is 5.32 Å². The summed E-state index contributed by atoms with van der Waals surface area (Å²) < 4.78 is 7.91. The normalized spacial score (nSPS) is 17.2. The first kappa shape index (κ1) is 17.8. The number of hydrogen-bond acceptors (Lipinski definition) is 6. The van der Waals surface area contributed by atoms with Crippen molar-refractivity contribution in [2.45, 2.75) is 32.4 Å². The molecular weight excluding hydrogens is 358 g/mol. The van der Waals surface area contributed by atoms with E-state index in [0.29, 0.717) is 26.8 Å². The van der Waals surface area contributed by atoms with E-state index >= 15 is 0 Å². The highest BCUT2D eigenvalue weighted by Crippen LogP contribution is 2.27. The molecule has 1 amide bonds. The van der Waals surface area contributed by atoms with E-state index in [1.165, 1.54) is 18.3 Å². The molecule has 1 saturated heterocycles. The highest BCUT2D eigenvalue weighted by molar-refractivity contribution is 7.73. The van der Waals surface area contributed by atoms with Crippen molar-refractivity contribution in [1.82, 2.24) is 4.57 Å². The number of thiazole rings is 1. The second-order valence-corrected chi connectivity index (χ2v) is 7.47.